The summed E-state index contributed by atoms with van der Waals surface area (Å²) in [6.07, 6.45) is 1.56. The zero-order valence-electron chi connectivity index (χ0n) is 13.0. The van der Waals surface area contributed by atoms with Crippen molar-refractivity contribution < 1.29 is 4.92 Å². The summed E-state index contributed by atoms with van der Waals surface area (Å²) in [5.74, 6) is 0. The number of aromatic nitrogens is 3. The number of allylic oxidation sites excluding steroid dienone is 1. The van der Waals surface area contributed by atoms with E-state index in [9.17, 15) is 15.4 Å². The first-order valence-electron chi connectivity index (χ1n) is 7.43. The van der Waals surface area contributed by atoms with Crippen molar-refractivity contribution in [2.75, 3.05) is 0 Å². The number of nitrogens with zero attached hydrogens (tertiary/aromatic N) is 4. The molecule has 0 saturated heterocycles. The fraction of sp³-hybridized carbons (Fsp3) is 0. The number of benzene rings is 2. The number of thiazole rings is 1. The highest BCUT2D eigenvalue weighted by atomic mass is 32.1. The standard InChI is InChI=1S/C17H9N5O2S2/c18-8-10(16-19-13-3-1-2-4-15(13)26-16)9-21-14-7-11(22(23)24)5-6-12(14)20-17(21)25/h1-7,9H,(H,20,25). The minimum absolute atomic E-state index is 0.0489. The summed E-state index contributed by atoms with van der Waals surface area (Å²) < 4.78 is 2.87. The molecule has 0 aliphatic rings. The van der Waals surface area contributed by atoms with E-state index in [-0.39, 0.29) is 5.69 Å². The number of hydrogen-bond donors (Lipinski definition) is 1. The molecule has 4 rings (SSSR count). The van der Waals surface area contributed by atoms with Gasteiger partial charge in [-0.1, -0.05) is 12.1 Å². The van der Waals surface area contributed by atoms with E-state index in [1.807, 2.05) is 24.3 Å². The Balaban J connectivity index is 1.91. The normalized spacial score (nSPS) is 11.7. The first-order chi connectivity index (χ1) is 12.6. The molecule has 0 bridgehead atoms. The van der Waals surface area contributed by atoms with Gasteiger partial charge in [0.25, 0.3) is 5.69 Å². The number of nitriles is 1. The van der Waals surface area contributed by atoms with Gasteiger partial charge in [0.05, 0.1) is 26.2 Å². The molecule has 2 aromatic carbocycles. The average Bonchev–Trinajstić information content (AvgIpc) is 3.19. The number of non-ortho nitro benzene ring substituents is 1. The number of aromatic amines is 1. The van der Waals surface area contributed by atoms with E-state index in [1.165, 1.54) is 23.5 Å². The number of imidazole rings is 1. The summed E-state index contributed by atoms with van der Waals surface area (Å²) in [6.45, 7) is 0. The summed E-state index contributed by atoms with van der Waals surface area (Å²) in [4.78, 5) is 18.0. The Morgan fingerprint density at radius 3 is 2.92 bits per heavy atom. The van der Waals surface area contributed by atoms with Crippen molar-refractivity contribution in [3.63, 3.8) is 0 Å². The van der Waals surface area contributed by atoms with Gasteiger partial charge in [-0.25, -0.2) is 4.98 Å². The summed E-state index contributed by atoms with van der Waals surface area (Å²) in [7, 11) is 0. The Morgan fingerprint density at radius 2 is 2.19 bits per heavy atom. The maximum absolute atomic E-state index is 11.0. The van der Waals surface area contributed by atoms with E-state index in [2.05, 4.69) is 16.0 Å². The summed E-state index contributed by atoms with van der Waals surface area (Å²) >= 11 is 6.71. The lowest BCUT2D eigenvalue weighted by Crippen LogP contribution is -1.91. The zero-order chi connectivity index (χ0) is 18.3. The van der Waals surface area contributed by atoms with Crippen LogP contribution in [-0.2, 0) is 0 Å². The molecule has 0 saturated carbocycles. The highest BCUT2D eigenvalue weighted by Gasteiger charge is 2.13. The number of rotatable bonds is 3. The van der Waals surface area contributed by atoms with Crippen LogP contribution in [0.1, 0.15) is 5.01 Å². The Bertz CT molecular complexity index is 1270. The van der Waals surface area contributed by atoms with Crippen molar-refractivity contribution in [2.24, 2.45) is 0 Å². The Morgan fingerprint density at radius 1 is 1.38 bits per heavy atom. The van der Waals surface area contributed by atoms with Gasteiger partial charge in [0.1, 0.15) is 16.6 Å². The minimum Gasteiger partial charge on any atom is -0.330 e. The second kappa shape index (κ2) is 6.18. The molecule has 0 atom stereocenters. The maximum atomic E-state index is 11.0. The van der Waals surface area contributed by atoms with E-state index < -0.39 is 4.92 Å². The van der Waals surface area contributed by atoms with Crippen LogP contribution in [0.25, 0.3) is 33.0 Å². The van der Waals surface area contributed by atoms with Crippen LogP contribution in [0.15, 0.2) is 42.5 Å². The van der Waals surface area contributed by atoms with Crippen molar-refractivity contribution >= 4 is 62.3 Å². The van der Waals surface area contributed by atoms with Crippen molar-refractivity contribution in [1.29, 1.82) is 5.26 Å². The fourth-order valence-corrected chi connectivity index (χ4v) is 3.79. The topological polar surface area (TPSA) is 101 Å². The van der Waals surface area contributed by atoms with Crippen LogP contribution in [0.4, 0.5) is 5.69 Å². The van der Waals surface area contributed by atoms with Gasteiger partial charge in [0.2, 0.25) is 0 Å². The largest absolute Gasteiger partial charge is 0.330 e. The lowest BCUT2D eigenvalue weighted by atomic mass is 10.2. The molecule has 0 aliphatic heterocycles. The maximum Gasteiger partial charge on any atom is 0.271 e. The van der Waals surface area contributed by atoms with E-state index >= 15 is 0 Å². The second-order valence-electron chi connectivity index (χ2n) is 5.40. The van der Waals surface area contributed by atoms with Crippen molar-refractivity contribution in [1.82, 2.24) is 14.5 Å². The number of H-pyrrole nitrogens is 1. The van der Waals surface area contributed by atoms with E-state index in [0.717, 1.165) is 10.2 Å². The quantitative estimate of drug-likeness (QED) is 0.240. The van der Waals surface area contributed by atoms with Gasteiger partial charge in [-0.3, -0.25) is 14.7 Å². The molecular weight excluding hydrogens is 370 g/mol. The van der Waals surface area contributed by atoms with Crippen molar-refractivity contribution in [3.8, 4) is 6.07 Å². The lowest BCUT2D eigenvalue weighted by molar-refractivity contribution is -0.384. The molecule has 0 unspecified atom stereocenters. The van der Waals surface area contributed by atoms with Gasteiger partial charge in [-0.05, 0) is 30.4 Å². The number of hydrogen-bond acceptors (Lipinski definition) is 6. The molecule has 2 heterocycles. The smallest absolute Gasteiger partial charge is 0.271 e. The first-order valence-corrected chi connectivity index (χ1v) is 8.66. The van der Waals surface area contributed by atoms with Crippen LogP contribution >= 0.6 is 23.6 Å². The predicted molar refractivity (Wildman–Crippen MR) is 103 cm³/mol. The summed E-state index contributed by atoms with van der Waals surface area (Å²) in [6, 6.07) is 14.2. The zero-order valence-corrected chi connectivity index (χ0v) is 14.7. The molecule has 0 fully saturated rings. The van der Waals surface area contributed by atoms with Gasteiger partial charge in [-0.15, -0.1) is 11.3 Å². The van der Waals surface area contributed by atoms with Crippen LogP contribution in [0.2, 0.25) is 0 Å². The summed E-state index contributed by atoms with van der Waals surface area (Å²) in [5.41, 5.74) is 2.27. The van der Waals surface area contributed by atoms with Crippen LogP contribution in [0, 0.1) is 26.2 Å². The predicted octanol–water partition coefficient (Wildman–Crippen LogP) is 4.74. The molecule has 1 N–H and O–H groups in total. The third-order valence-corrected chi connectivity index (χ3v) is 5.18. The fourth-order valence-electron chi connectivity index (χ4n) is 2.60. The van der Waals surface area contributed by atoms with Gasteiger partial charge in [0, 0.05) is 18.3 Å². The summed E-state index contributed by atoms with van der Waals surface area (Å²) in [5, 5.41) is 21.2. The number of nitro groups is 1. The van der Waals surface area contributed by atoms with Crippen LogP contribution in [-0.4, -0.2) is 19.5 Å². The van der Waals surface area contributed by atoms with E-state index in [0.29, 0.717) is 26.4 Å². The average molecular weight is 379 g/mol. The molecule has 9 heteroatoms. The molecule has 0 amide bonds. The van der Waals surface area contributed by atoms with Gasteiger partial charge >= 0.3 is 0 Å². The molecule has 26 heavy (non-hydrogen) atoms. The van der Waals surface area contributed by atoms with Gasteiger partial charge in [-0.2, -0.15) is 5.26 Å². The van der Waals surface area contributed by atoms with Crippen LogP contribution in [0.5, 0.6) is 0 Å². The van der Waals surface area contributed by atoms with Crippen molar-refractivity contribution in [3.05, 3.63) is 62.4 Å². The molecular formula is C17H9N5O2S2. The van der Waals surface area contributed by atoms with E-state index in [1.54, 1.807) is 16.8 Å². The molecule has 7 nitrogen and oxygen atoms in total. The van der Waals surface area contributed by atoms with E-state index in [4.69, 9.17) is 12.2 Å². The highest BCUT2D eigenvalue weighted by Crippen LogP contribution is 2.28. The Hall–Kier alpha value is -3.35. The monoisotopic (exact) mass is 379 g/mol. The number of nitrogens with one attached hydrogen (secondary N) is 1. The minimum atomic E-state index is -0.470. The van der Waals surface area contributed by atoms with Gasteiger partial charge < -0.3 is 4.98 Å². The molecule has 0 aliphatic carbocycles. The molecule has 0 radical (unpaired) electrons. The number of fused-ring (bicyclic) bond motifs is 2. The highest BCUT2D eigenvalue weighted by molar-refractivity contribution is 7.71. The first kappa shape index (κ1) is 16.1. The Kier molecular flexibility index (Phi) is 3.84. The molecule has 4 aromatic rings. The van der Waals surface area contributed by atoms with Crippen molar-refractivity contribution in [2.45, 2.75) is 0 Å². The van der Waals surface area contributed by atoms with Gasteiger partial charge in [0.15, 0.2) is 4.77 Å². The number of para-hydroxylation sites is 1. The third-order valence-electron chi connectivity index (χ3n) is 3.82. The second-order valence-corrected chi connectivity index (χ2v) is 6.82. The van der Waals surface area contributed by atoms with Crippen LogP contribution < -0.4 is 0 Å². The molecule has 2 aromatic heterocycles. The lowest BCUT2D eigenvalue weighted by Gasteiger charge is -1.99. The Labute approximate surface area is 155 Å². The SMILES string of the molecule is N#CC(=Cn1c(=S)[nH]c2ccc([N+](=O)[O-])cc21)c1nc2ccccc2s1. The van der Waals surface area contributed by atoms with Crippen LogP contribution in [0.3, 0.4) is 0 Å². The molecule has 0 spiro atoms. The third kappa shape index (κ3) is 2.67. The number of nitro benzene ring substituents is 1. The molecule has 126 valence electrons.